The van der Waals surface area contributed by atoms with Gasteiger partial charge in [-0.15, -0.1) is 0 Å². The van der Waals surface area contributed by atoms with Crippen molar-refractivity contribution in [3.05, 3.63) is 57.9 Å². The molecule has 1 aromatic carbocycles. The highest BCUT2D eigenvalue weighted by Gasteiger charge is 2.27. The molecule has 2 aromatic rings. The van der Waals surface area contributed by atoms with Gasteiger partial charge in [-0.3, -0.25) is 9.59 Å². The fraction of sp³-hybridized carbons (Fsp3) is 0.350. The molecule has 6 heteroatoms. The van der Waals surface area contributed by atoms with Crippen LogP contribution >= 0.6 is 0 Å². The molecule has 1 aromatic heterocycles. The number of esters is 1. The second kappa shape index (κ2) is 7.15. The molecule has 1 N–H and O–H groups in total. The van der Waals surface area contributed by atoms with Gasteiger partial charge in [0.2, 0.25) is 5.91 Å². The number of hydrogen-bond donors (Lipinski definition) is 1. The van der Waals surface area contributed by atoms with Crippen LogP contribution in [0.4, 0.5) is 0 Å². The number of benzene rings is 1. The number of fused-ring (bicyclic) bond motifs is 1. The third kappa shape index (κ3) is 3.27. The molecule has 136 valence electrons. The summed E-state index contributed by atoms with van der Waals surface area (Å²) in [4.78, 5) is 41.5. The van der Waals surface area contributed by atoms with Gasteiger partial charge in [-0.1, -0.05) is 24.3 Å². The number of hydrogen-bond acceptors (Lipinski definition) is 4. The van der Waals surface area contributed by atoms with Gasteiger partial charge in [-0.05, 0) is 30.0 Å². The fourth-order valence-corrected chi connectivity index (χ4v) is 3.49. The number of nitrogens with one attached hydrogen (secondary N) is 1. The number of H-pyrrole nitrogens is 1. The summed E-state index contributed by atoms with van der Waals surface area (Å²) in [6, 6.07) is 8.08. The molecular weight excluding hydrogens is 332 g/mol. The number of aromatic amines is 1. The van der Waals surface area contributed by atoms with E-state index in [0.717, 1.165) is 12.0 Å². The zero-order valence-corrected chi connectivity index (χ0v) is 15.2. The second-order valence-corrected chi connectivity index (χ2v) is 6.54. The second-order valence-electron chi connectivity index (χ2n) is 6.54. The number of amides is 1. The van der Waals surface area contributed by atoms with Crippen molar-refractivity contribution in [2.75, 3.05) is 13.7 Å². The lowest BCUT2D eigenvalue weighted by Gasteiger charge is -2.29. The summed E-state index contributed by atoms with van der Waals surface area (Å²) < 4.78 is 4.83. The molecule has 0 saturated carbocycles. The minimum atomic E-state index is -0.543. The van der Waals surface area contributed by atoms with Crippen molar-refractivity contribution in [1.29, 1.82) is 0 Å². The first kappa shape index (κ1) is 17.9. The molecule has 3 rings (SSSR count). The van der Waals surface area contributed by atoms with Crippen LogP contribution < -0.4 is 0 Å². The SMILES string of the molecule is COC(=O)c1c(CC(=O)N2CCc3ccccc3C2)[nH]c(C(C)=O)c1C. The van der Waals surface area contributed by atoms with Crippen molar-refractivity contribution >= 4 is 17.7 Å². The third-order valence-electron chi connectivity index (χ3n) is 4.88. The van der Waals surface area contributed by atoms with E-state index in [2.05, 4.69) is 11.1 Å². The summed E-state index contributed by atoms with van der Waals surface area (Å²) in [6.07, 6.45) is 0.842. The molecule has 0 aliphatic carbocycles. The van der Waals surface area contributed by atoms with Crippen molar-refractivity contribution < 1.29 is 19.1 Å². The zero-order chi connectivity index (χ0) is 18.8. The number of methoxy groups -OCH3 is 1. The van der Waals surface area contributed by atoms with Crippen molar-refractivity contribution in [3.63, 3.8) is 0 Å². The monoisotopic (exact) mass is 354 g/mol. The lowest BCUT2D eigenvalue weighted by Crippen LogP contribution is -2.37. The van der Waals surface area contributed by atoms with E-state index in [1.807, 2.05) is 18.2 Å². The van der Waals surface area contributed by atoms with Gasteiger partial charge in [0, 0.05) is 25.7 Å². The molecule has 0 saturated heterocycles. The molecule has 0 spiro atoms. The Labute approximate surface area is 152 Å². The molecule has 1 aliphatic heterocycles. The van der Waals surface area contributed by atoms with E-state index >= 15 is 0 Å². The lowest BCUT2D eigenvalue weighted by atomic mass is 9.99. The maximum Gasteiger partial charge on any atom is 0.339 e. The molecular formula is C20H22N2O4. The predicted octanol–water partition coefficient (Wildman–Crippen LogP) is 2.44. The van der Waals surface area contributed by atoms with E-state index in [9.17, 15) is 14.4 Å². The Morgan fingerprint density at radius 1 is 1.19 bits per heavy atom. The third-order valence-corrected chi connectivity index (χ3v) is 4.88. The van der Waals surface area contributed by atoms with Gasteiger partial charge in [0.05, 0.1) is 24.8 Å². The Morgan fingerprint density at radius 3 is 2.54 bits per heavy atom. The molecule has 0 bridgehead atoms. The Hall–Kier alpha value is -2.89. The molecule has 0 atom stereocenters. The fourth-order valence-electron chi connectivity index (χ4n) is 3.49. The molecule has 1 amide bonds. The standard InChI is InChI=1S/C20H22N2O4/c1-12-18(20(25)26-3)16(21-19(12)13(2)23)10-17(24)22-9-8-14-6-4-5-7-15(14)11-22/h4-7,21H,8-11H2,1-3H3. The highest BCUT2D eigenvalue weighted by atomic mass is 16.5. The highest BCUT2D eigenvalue weighted by Crippen LogP contribution is 2.23. The Kier molecular flexibility index (Phi) is 4.93. The number of carbonyl (C=O) groups excluding carboxylic acids is 3. The molecule has 2 heterocycles. The first-order chi connectivity index (χ1) is 12.4. The van der Waals surface area contributed by atoms with Gasteiger partial charge in [-0.25, -0.2) is 4.79 Å². The molecule has 0 unspecified atom stereocenters. The minimum absolute atomic E-state index is 0.0285. The van der Waals surface area contributed by atoms with Gasteiger partial charge in [0.1, 0.15) is 0 Å². The normalized spacial score (nSPS) is 13.3. The number of rotatable bonds is 4. The van der Waals surface area contributed by atoms with E-state index in [1.54, 1.807) is 11.8 Å². The quantitative estimate of drug-likeness (QED) is 0.676. The maximum atomic E-state index is 12.8. The molecule has 6 nitrogen and oxygen atoms in total. The van der Waals surface area contributed by atoms with E-state index in [1.165, 1.54) is 19.6 Å². The van der Waals surface area contributed by atoms with Crippen LogP contribution in [0.25, 0.3) is 0 Å². The van der Waals surface area contributed by atoms with Gasteiger partial charge >= 0.3 is 5.97 Å². The summed E-state index contributed by atoms with van der Waals surface area (Å²) in [6.45, 7) is 4.31. The summed E-state index contributed by atoms with van der Waals surface area (Å²) in [5.41, 5.74) is 3.99. The predicted molar refractivity (Wildman–Crippen MR) is 96.1 cm³/mol. The first-order valence-electron chi connectivity index (χ1n) is 8.57. The van der Waals surface area contributed by atoms with Crippen LogP contribution in [0, 0.1) is 6.92 Å². The van der Waals surface area contributed by atoms with Gasteiger partial charge in [0.25, 0.3) is 0 Å². The van der Waals surface area contributed by atoms with Crippen LogP contribution in [0.3, 0.4) is 0 Å². The lowest BCUT2D eigenvalue weighted by molar-refractivity contribution is -0.131. The molecule has 0 fully saturated rings. The topological polar surface area (TPSA) is 79.5 Å². The Morgan fingerprint density at radius 2 is 1.88 bits per heavy atom. The molecule has 26 heavy (non-hydrogen) atoms. The van der Waals surface area contributed by atoms with E-state index in [4.69, 9.17) is 4.74 Å². The number of ketones is 1. The number of aromatic nitrogens is 1. The van der Waals surface area contributed by atoms with Gasteiger partial charge in [-0.2, -0.15) is 0 Å². The van der Waals surface area contributed by atoms with Crippen molar-refractivity contribution in [1.82, 2.24) is 9.88 Å². The van der Waals surface area contributed by atoms with Crippen molar-refractivity contribution in [2.24, 2.45) is 0 Å². The summed E-state index contributed by atoms with van der Waals surface area (Å²) in [7, 11) is 1.29. The van der Waals surface area contributed by atoms with Crippen LogP contribution in [0.15, 0.2) is 24.3 Å². The van der Waals surface area contributed by atoms with E-state index in [0.29, 0.717) is 30.0 Å². The largest absolute Gasteiger partial charge is 0.465 e. The summed E-state index contributed by atoms with van der Waals surface area (Å²) in [5.74, 6) is -0.808. The number of carbonyl (C=O) groups is 3. The van der Waals surface area contributed by atoms with E-state index < -0.39 is 5.97 Å². The smallest absolute Gasteiger partial charge is 0.339 e. The minimum Gasteiger partial charge on any atom is -0.465 e. The average molecular weight is 354 g/mol. The summed E-state index contributed by atoms with van der Waals surface area (Å²) >= 11 is 0. The van der Waals surface area contributed by atoms with Crippen molar-refractivity contribution in [2.45, 2.75) is 33.2 Å². The van der Waals surface area contributed by atoms with Crippen LogP contribution in [0.1, 0.15) is 50.2 Å². The van der Waals surface area contributed by atoms with E-state index in [-0.39, 0.29) is 23.7 Å². The van der Waals surface area contributed by atoms with Gasteiger partial charge in [0.15, 0.2) is 5.78 Å². The number of Topliss-reactive ketones (excluding diaryl/α,β-unsaturated/α-hetero) is 1. The van der Waals surface area contributed by atoms with Gasteiger partial charge < -0.3 is 14.6 Å². The summed E-state index contributed by atoms with van der Waals surface area (Å²) in [5, 5.41) is 0. The average Bonchev–Trinajstić information content (AvgIpc) is 2.96. The first-order valence-corrected chi connectivity index (χ1v) is 8.57. The maximum absolute atomic E-state index is 12.8. The van der Waals surface area contributed by atoms with Crippen LogP contribution in [-0.2, 0) is 28.9 Å². The molecule has 0 radical (unpaired) electrons. The van der Waals surface area contributed by atoms with Crippen LogP contribution in [0.5, 0.6) is 0 Å². The Balaban J connectivity index is 1.85. The Bertz CT molecular complexity index is 882. The highest BCUT2D eigenvalue weighted by molar-refractivity contribution is 6.01. The molecule has 1 aliphatic rings. The van der Waals surface area contributed by atoms with Crippen LogP contribution in [-0.4, -0.2) is 41.2 Å². The zero-order valence-electron chi connectivity index (χ0n) is 15.2. The number of nitrogens with zero attached hydrogens (tertiary/aromatic N) is 1. The number of ether oxygens (including phenoxy) is 1. The van der Waals surface area contributed by atoms with Crippen molar-refractivity contribution in [3.8, 4) is 0 Å². The van der Waals surface area contributed by atoms with Crippen LogP contribution in [0.2, 0.25) is 0 Å².